The van der Waals surface area contributed by atoms with Gasteiger partial charge in [0, 0.05) is 17.8 Å². The van der Waals surface area contributed by atoms with Gasteiger partial charge in [-0.3, -0.25) is 4.79 Å². The molecule has 1 amide bonds. The number of hydrogen-bond donors (Lipinski definition) is 1. The van der Waals surface area contributed by atoms with E-state index in [1.54, 1.807) is 0 Å². The van der Waals surface area contributed by atoms with Gasteiger partial charge in [-0.2, -0.15) is 0 Å². The Morgan fingerprint density at radius 3 is 2.89 bits per heavy atom. The normalized spacial score (nSPS) is 13.5. The van der Waals surface area contributed by atoms with Crippen molar-refractivity contribution < 1.29 is 9.53 Å². The van der Waals surface area contributed by atoms with Crippen molar-refractivity contribution in [2.75, 3.05) is 13.2 Å². The Bertz CT molecular complexity index is 759. The van der Waals surface area contributed by atoms with Crippen molar-refractivity contribution in [3.8, 4) is 5.75 Å². The van der Waals surface area contributed by atoms with Crippen molar-refractivity contribution in [3.05, 3.63) is 44.9 Å². The molecule has 0 radical (unpaired) electrons. The third kappa shape index (κ3) is 5.55. The fraction of sp³-hybridized carbons (Fsp3) is 0.545. The Morgan fingerprint density at radius 2 is 2.11 bits per heavy atom. The van der Waals surface area contributed by atoms with Gasteiger partial charge in [-0.15, -0.1) is 11.3 Å². The third-order valence-electron chi connectivity index (χ3n) is 4.93. The van der Waals surface area contributed by atoms with Crippen molar-refractivity contribution in [2.24, 2.45) is 0 Å². The highest BCUT2D eigenvalue weighted by Gasteiger charge is 2.15. The second-order valence-corrected chi connectivity index (χ2v) is 8.79. The molecule has 146 valence electrons. The molecule has 0 atom stereocenters. The number of rotatable bonds is 8. The van der Waals surface area contributed by atoms with Crippen LogP contribution in [0.15, 0.2) is 18.2 Å². The highest BCUT2D eigenvalue weighted by Crippen LogP contribution is 2.28. The van der Waals surface area contributed by atoms with Crippen LogP contribution in [0.2, 0.25) is 0 Å². The predicted octanol–water partition coefficient (Wildman–Crippen LogP) is 4.58. The fourth-order valence-electron chi connectivity index (χ4n) is 3.42. The number of nitrogens with zero attached hydrogens (tertiary/aromatic N) is 1. The van der Waals surface area contributed by atoms with E-state index >= 15 is 0 Å². The molecule has 1 aromatic heterocycles. The summed E-state index contributed by atoms with van der Waals surface area (Å²) >= 11 is 1.86. The van der Waals surface area contributed by atoms with Crippen LogP contribution in [-0.2, 0) is 24.1 Å². The molecule has 27 heavy (non-hydrogen) atoms. The zero-order chi connectivity index (χ0) is 19.2. The molecule has 5 heteroatoms. The van der Waals surface area contributed by atoms with Crippen LogP contribution in [0.1, 0.15) is 65.7 Å². The van der Waals surface area contributed by atoms with Crippen molar-refractivity contribution >= 4 is 17.2 Å². The minimum absolute atomic E-state index is 0.0642. The lowest BCUT2D eigenvalue weighted by Crippen LogP contribution is -2.30. The van der Waals surface area contributed by atoms with Crippen molar-refractivity contribution in [3.63, 3.8) is 0 Å². The number of aryl methyl sites for hydroxylation is 4. The van der Waals surface area contributed by atoms with Gasteiger partial charge in [0.05, 0.1) is 10.7 Å². The molecule has 0 fully saturated rings. The largest absolute Gasteiger partial charge is 0.483 e. The van der Waals surface area contributed by atoms with E-state index in [1.807, 2.05) is 24.3 Å². The number of carbonyl (C=O) groups excluding carboxylic acids is 1. The molecule has 1 aromatic carbocycles. The number of nitrogens with one attached hydrogen (secondary N) is 1. The third-order valence-corrected chi connectivity index (χ3v) is 6.15. The molecule has 3 rings (SSSR count). The highest BCUT2D eigenvalue weighted by molar-refractivity contribution is 7.11. The average molecular weight is 387 g/mol. The van der Waals surface area contributed by atoms with Crippen LogP contribution in [0.4, 0.5) is 0 Å². The minimum Gasteiger partial charge on any atom is -0.483 e. The maximum Gasteiger partial charge on any atom is 0.257 e. The number of carbonyl (C=O) groups is 1. The number of ether oxygens (including phenoxy) is 1. The van der Waals surface area contributed by atoms with Gasteiger partial charge in [0.2, 0.25) is 0 Å². The van der Waals surface area contributed by atoms with Crippen molar-refractivity contribution in [1.82, 2.24) is 10.3 Å². The van der Waals surface area contributed by atoms with Gasteiger partial charge in [0.15, 0.2) is 6.61 Å². The molecule has 0 unspecified atom stereocenters. The molecule has 0 saturated carbocycles. The van der Waals surface area contributed by atoms with Crippen LogP contribution in [0.3, 0.4) is 0 Å². The molecule has 0 bridgehead atoms. The maximum atomic E-state index is 12.1. The van der Waals surface area contributed by atoms with Gasteiger partial charge in [0.1, 0.15) is 5.75 Å². The van der Waals surface area contributed by atoms with Gasteiger partial charge in [0.25, 0.3) is 5.91 Å². The maximum absolute atomic E-state index is 12.1. The molecule has 1 N–H and O–H groups in total. The van der Waals surface area contributed by atoms with Crippen LogP contribution in [-0.4, -0.2) is 24.0 Å². The number of amides is 1. The Kier molecular flexibility index (Phi) is 6.89. The fourth-order valence-corrected chi connectivity index (χ4v) is 4.62. The highest BCUT2D eigenvalue weighted by atomic mass is 32.1. The van der Waals surface area contributed by atoms with Crippen LogP contribution >= 0.6 is 11.3 Å². The number of thiazole rings is 1. The van der Waals surface area contributed by atoms with E-state index in [1.165, 1.54) is 34.8 Å². The first-order chi connectivity index (χ1) is 13.0. The lowest BCUT2D eigenvalue weighted by Gasteiger charge is -2.14. The lowest BCUT2D eigenvalue weighted by molar-refractivity contribution is -0.123. The van der Waals surface area contributed by atoms with Crippen LogP contribution in [0.25, 0.3) is 0 Å². The molecule has 4 nitrogen and oxygen atoms in total. The summed E-state index contributed by atoms with van der Waals surface area (Å²) in [4.78, 5) is 18.3. The Morgan fingerprint density at radius 1 is 1.30 bits per heavy atom. The molecule has 1 heterocycles. The van der Waals surface area contributed by atoms with Crippen LogP contribution in [0.5, 0.6) is 5.75 Å². The Hall–Kier alpha value is -1.88. The number of fused-ring (bicyclic) bond motifs is 1. The first-order valence-electron chi connectivity index (χ1n) is 10.0. The Balaban J connectivity index is 1.40. The Labute approximate surface area is 166 Å². The standard InChI is InChI=1S/C22H30N2O2S/c1-15(2)17-11-10-16(3)13-19(17)26-14-21(25)23-12-6-9-22-24-18-7-4-5-8-20(18)27-22/h10-11,13,15H,4-9,12,14H2,1-3H3,(H,23,25). The molecule has 0 saturated heterocycles. The van der Waals surface area contributed by atoms with Crippen LogP contribution < -0.4 is 10.1 Å². The minimum atomic E-state index is -0.0651. The van der Waals surface area contributed by atoms with E-state index in [-0.39, 0.29) is 12.5 Å². The zero-order valence-corrected chi connectivity index (χ0v) is 17.5. The van der Waals surface area contributed by atoms with E-state index in [2.05, 4.69) is 31.3 Å². The van der Waals surface area contributed by atoms with Gasteiger partial charge in [-0.25, -0.2) is 4.98 Å². The van der Waals surface area contributed by atoms with E-state index < -0.39 is 0 Å². The van der Waals surface area contributed by atoms with E-state index in [0.717, 1.165) is 36.1 Å². The van der Waals surface area contributed by atoms with E-state index in [9.17, 15) is 4.79 Å². The number of aromatic nitrogens is 1. The molecular weight excluding hydrogens is 356 g/mol. The average Bonchev–Trinajstić information content (AvgIpc) is 3.06. The topological polar surface area (TPSA) is 51.2 Å². The first kappa shape index (κ1) is 19.9. The molecule has 0 spiro atoms. The second-order valence-electron chi connectivity index (χ2n) is 7.62. The van der Waals surface area contributed by atoms with E-state index in [0.29, 0.717) is 12.5 Å². The van der Waals surface area contributed by atoms with Crippen molar-refractivity contribution in [2.45, 2.75) is 65.2 Å². The van der Waals surface area contributed by atoms with Gasteiger partial charge < -0.3 is 10.1 Å². The first-order valence-corrected chi connectivity index (χ1v) is 10.8. The van der Waals surface area contributed by atoms with Crippen molar-refractivity contribution in [1.29, 1.82) is 0 Å². The van der Waals surface area contributed by atoms with Crippen LogP contribution in [0, 0.1) is 6.92 Å². The summed E-state index contributed by atoms with van der Waals surface area (Å²) in [6.45, 7) is 7.03. The summed E-state index contributed by atoms with van der Waals surface area (Å²) in [6.07, 6.45) is 6.75. The molecule has 0 aliphatic heterocycles. The summed E-state index contributed by atoms with van der Waals surface area (Å²) in [5, 5.41) is 4.18. The summed E-state index contributed by atoms with van der Waals surface area (Å²) in [6, 6.07) is 6.17. The SMILES string of the molecule is Cc1ccc(C(C)C)c(OCC(=O)NCCCc2nc3c(s2)CCCC3)c1. The zero-order valence-electron chi connectivity index (χ0n) is 16.6. The second kappa shape index (κ2) is 9.36. The lowest BCUT2D eigenvalue weighted by atomic mass is 10.0. The smallest absolute Gasteiger partial charge is 0.257 e. The summed E-state index contributed by atoms with van der Waals surface area (Å²) in [5.41, 5.74) is 3.60. The molecule has 1 aliphatic carbocycles. The summed E-state index contributed by atoms with van der Waals surface area (Å²) in [5.74, 6) is 1.12. The van der Waals surface area contributed by atoms with Gasteiger partial charge in [-0.1, -0.05) is 26.0 Å². The van der Waals surface area contributed by atoms with Gasteiger partial charge >= 0.3 is 0 Å². The predicted molar refractivity (Wildman–Crippen MR) is 111 cm³/mol. The molecular formula is C22H30N2O2S. The van der Waals surface area contributed by atoms with E-state index in [4.69, 9.17) is 9.72 Å². The summed E-state index contributed by atoms with van der Waals surface area (Å²) < 4.78 is 5.79. The quantitative estimate of drug-likeness (QED) is 0.676. The van der Waals surface area contributed by atoms with Gasteiger partial charge in [-0.05, 0) is 62.1 Å². The summed E-state index contributed by atoms with van der Waals surface area (Å²) in [7, 11) is 0. The monoisotopic (exact) mass is 386 g/mol. The number of hydrogen-bond acceptors (Lipinski definition) is 4. The number of benzene rings is 1. The molecule has 1 aliphatic rings. The molecule has 2 aromatic rings.